The van der Waals surface area contributed by atoms with Gasteiger partial charge in [0, 0.05) is 26.1 Å². The van der Waals surface area contributed by atoms with Crippen molar-refractivity contribution in [1.82, 2.24) is 4.90 Å². The van der Waals surface area contributed by atoms with Gasteiger partial charge in [-0.1, -0.05) is 30.3 Å². The molecule has 0 radical (unpaired) electrons. The molecule has 0 heterocycles. The second-order valence-corrected chi connectivity index (χ2v) is 3.66. The number of hydrogen-bond acceptors (Lipinski definition) is 2. The minimum absolute atomic E-state index is 0.201. The van der Waals surface area contributed by atoms with Crippen molar-refractivity contribution >= 4 is 0 Å². The van der Waals surface area contributed by atoms with E-state index in [2.05, 4.69) is 28.9 Å². The molecular formula is C14H19NO. The number of rotatable bonds is 6. The van der Waals surface area contributed by atoms with Crippen LogP contribution in [0.1, 0.15) is 18.9 Å². The molecule has 86 valence electrons. The third-order valence-electron chi connectivity index (χ3n) is 2.40. The third kappa shape index (κ3) is 4.97. The largest absolute Gasteiger partial charge is 0.395 e. The van der Waals surface area contributed by atoms with Gasteiger partial charge in [0.1, 0.15) is 0 Å². The molecule has 1 aromatic carbocycles. The summed E-state index contributed by atoms with van der Waals surface area (Å²) in [5.74, 6) is 5.94. The predicted octanol–water partition coefficient (Wildman–Crippen LogP) is 1.89. The molecular weight excluding hydrogens is 198 g/mol. The van der Waals surface area contributed by atoms with Gasteiger partial charge in [0.25, 0.3) is 0 Å². The Hall–Kier alpha value is -1.30. The highest BCUT2D eigenvalue weighted by Gasteiger charge is 2.03. The minimum Gasteiger partial charge on any atom is -0.395 e. The number of benzene rings is 1. The van der Waals surface area contributed by atoms with E-state index in [1.807, 2.05) is 25.1 Å². The first kappa shape index (κ1) is 12.8. The van der Waals surface area contributed by atoms with E-state index in [9.17, 15) is 0 Å². The Kier molecular flexibility index (Phi) is 6.32. The van der Waals surface area contributed by atoms with Crippen molar-refractivity contribution in [1.29, 1.82) is 0 Å². The number of hydrogen-bond donors (Lipinski definition) is 1. The van der Waals surface area contributed by atoms with Gasteiger partial charge in [-0.3, -0.25) is 4.90 Å². The molecule has 2 heteroatoms. The fraction of sp³-hybridized carbons (Fsp3) is 0.429. The lowest BCUT2D eigenvalue weighted by Gasteiger charge is -2.20. The predicted molar refractivity (Wildman–Crippen MR) is 66.9 cm³/mol. The summed E-state index contributed by atoms with van der Waals surface area (Å²) < 4.78 is 0. The van der Waals surface area contributed by atoms with Crippen LogP contribution in [-0.4, -0.2) is 29.7 Å². The van der Waals surface area contributed by atoms with Crippen molar-refractivity contribution in [3.8, 4) is 11.8 Å². The quantitative estimate of drug-likeness (QED) is 0.736. The summed E-state index contributed by atoms with van der Waals surface area (Å²) in [6, 6.07) is 10.3. The van der Waals surface area contributed by atoms with Crippen molar-refractivity contribution in [3.05, 3.63) is 35.9 Å². The molecule has 0 aliphatic rings. The van der Waals surface area contributed by atoms with E-state index in [4.69, 9.17) is 5.11 Å². The first-order valence-electron chi connectivity index (χ1n) is 5.63. The number of nitrogens with zero attached hydrogens (tertiary/aromatic N) is 1. The monoisotopic (exact) mass is 217 g/mol. The lowest BCUT2D eigenvalue weighted by atomic mass is 10.2. The third-order valence-corrected chi connectivity index (χ3v) is 2.40. The first-order chi connectivity index (χ1) is 7.86. The summed E-state index contributed by atoms with van der Waals surface area (Å²) in [5, 5.41) is 8.99. The van der Waals surface area contributed by atoms with Crippen molar-refractivity contribution in [3.63, 3.8) is 0 Å². The van der Waals surface area contributed by atoms with Gasteiger partial charge in [0.05, 0.1) is 6.61 Å². The lowest BCUT2D eigenvalue weighted by Crippen LogP contribution is -2.27. The molecule has 0 aliphatic heterocycles. The molecule has 0 amide bonds. The summed E-state index contributed by atoms with van der Waals surface area (Å²) in [6.07, 6.45) is 0.864. The summed E-state index contributed by atoms with van der Waals surface area (Å²) in [6.45, 7) is 4.56. The molecule has 0 unspecified atom stereocenters. The Morgan fingerprint density at radius 3 is 2.56 bits per heavy atom. The summed E-state index contributed by atoms with van der Waals surface area (Å²) in [4.78, 5) is 2.22. The fourth-order valence-corrected chi connectivity index (χ4v) is 1.59. The summed E-state index contributed by atoms with van der Waals surface area (Å²) >= 11 is 0. The van der Waals surface area contributed by atoms with E-state index < -0.39 is 0 Å². The molecule has 0 atom stereocenters. The zero-order valence-corrected chi connectivity index (χ0v) is 9.82. The second kappa shape index (κ2) is 7.92. The molecule has 1 rings (SSSR count). The maximum atomic E-state index is 8.99. The maximum absolute atomic E-state index is 8.99. The molecule has 16 heavy (non-hydrogen) atoms. The second-order valence-electron chi connectivity index (χ2n) is 3.66. The van der Waals surface area contributed by atoms with Gasteiger partial charge < -0.3 is 5.11 Å². The Balaban J connectivity index is 2.46. The fourth-order valence-electron chi connectivity index (χ4n) is 1.59. The Bertz CT molecular complexity index is 337. The number of aliphatic hydroxyl groups is 1. The molecule has 0 aromatic heterocycles. The molecule has 0 spiro atoms. The topological polar surface area (TPSA) is 23.5 Å². The van der Waals surface area contributed by atoms with Gasteiger partial charge in [-0.2, -0.15) is 0 Å². The maximum Gasteiger partial charge on any atom is 0.0558 e. The highest BCUT2D eigenvalue weighted by Crippen LogP contribution is 2.04. The molecule has 2 nitrogen and oxygen atoms in total. The zero-order chi connectivity index (χ0) is 11.6. The van der Waals surface area contributed by atoms with Crippen LogP contribution in [0.4, 0.5) is 0 Å². The lowest BCUT2D eigenvalue weighted by molar-refractivity contribution is 0.193. The Morgan fingerprint density at radius 1 is 1.19 bits per heavy atom. The molecule has 0 bridgehead atoms. The van der Waals surface area contributed by atoms with Gasteiger partial charge in [-0.05, 0) is 12.5 Å². The minimum atomic E-state index is 0.201. The SMILES string of the molecule is CC#CCCN(CCO)Cc1ccccc1. The first-order valence-corrected chi connectivity index (χ1v) is 5.63. The molecule has 0 fully saturated rings. The van der Waals surface area contributed by atoms with Crippen molar-refractivity contribution in [2.45, 2.75) is 19.9 Å². The van der Waals surface area contributed by atoms with Crippen molar-refractivity contribution < 1.29 is 5.11 Å². The average Bonchev–Trinajstić information content (AvgIpc) is 2.31. The van der Waals surface area contributed by atoms with E-state index in [-0.39, 0.29) is 6.61 Å². The Morgan fingerprint density at radius 2 is 1.94 bits per heavy atom. The van der Waals surface area contributed by atoms with Crippen molar-refractivity contribution in [2.24, 2.45) is 0 Å². The Labute approximate surface area is 97.9 Å². The molecule has 1 N–H and O–H groups in total. The highest BCUT2D eigenvalue weighted by molar-refractivity contribution is 5.14. The van der Waals surface area contributed by atoms with Gasteiger partial charge in [-0.15, -0.1) is 11.8 Å². The van der Waals surface area contributed by atoms with Crippen LogP contribution in [-0.2, 0) is 6.54 Å². The van der Waals surface area contributed by atoms with Crippen molar-refractivity contribution in [2.75, 3.05) is 19.7 Å². The van der Waals surface area contributed by atoms with Crippen LogP contribution in [0.2, 0.25) is 0 Å². The molecule has 0 saturated carbocycles. The summed E-state index contributed by atoms with van der Waals surface area (Å²) in [5.41, 5.74) is 1.28. The number of aliphatic hydroxyl groups excluding tert-OH is 1. The van der Waals surface area contributed by atoms with Gasteiger partial charge >= 0.3 is 0 Å². The van der Waals surface area contributed by atoms with Crippen LogP contribution in [0.5, 0.6) is 0 Å². The van der Waals surface area contributed by atoms with Gasteiger partial charge in [-0.25, -0.2) is 0 Å². The van der Waals surface area contributed by atoms with E-state index >= 15 is 0 Å². The van der Waals surface area contributed by atoms with Crippen LogP contribution in [0.3, 0.4) is 0 Å². The van der Waals surface area contributed by atoms with Crippen LogP contribution in [0.15, 0.2) is 30.3 Å². The van der Waals surface area contributed by atoms with E-state index in [1.54, 1.807) is 0 Å². The van der Waals surface area contributed by atoms with Gasteiger partial charge in [0.2, 0.25) is 0 Å². The van der Waals surface area contributed by atoms with E-state index in [1.165, 1.54) is 5.56 Å². The van der Waals surface area contributed by atoms with Crippen LogP contribution < -0.4 is 0 Å². The van der Waals surface area contributed by atoms with E-state index in [0.717, 1.165) is 19.5 Å². The average molecular weight is 217 g/mol. The standard InChI is InChI=1S/C14H19NO/c1-2-3-7-10-15(11-12-16)13-14-8-5-4-6-9-14/h4-6,8-9,16H,7,10-13H2,1H3. The molecule has 0 saturated heterocycles. The highest BCUT2D eigenvalue weighted by atomic mass is 16.3. The molecule has 1 aromatic rings. The van der Waals surface area contributed by atoms with Crippen LogP contribution >= 0.6 is 0 Å². The van der Waals surface area contributed by atoms with Gasteiger partial charge in [0.15, 0.2) is 0 Å². The van der Waals surface area contributed by atoms with E-state index in [0.29, 0.717) is 6.54 Å². The normalized spacial score (nSPS) is 9.94. The summed E-state index contributed by atoms with van der Waals surface area (Å²) in [7, 11) is 0. The zero-order valence-electron chi connectivity index (χ0n) is 9.82. The molecule has 0 aliphatic carbocycles. The smallest absolute Gasteiger partial charge is 0.0558 e. The van der Waals surface area contributed by atoms with Crippen LogP contribution in [0.25, 0.3) is 0 Å². The van der Waals surface area contributed by atoms with Crippen LogP contribution in [0, 0.1) is 11.8 Å².